The summed E-state index contributed by atoms with van der Waals surface area (Å²) in [5, 5.41) is 0. The van der Waals surface area contributed by atoms with Crippen molar-refractivity contribution in [2.45, 2.75) is 0 Å². The van der Waals surface area contributed by atoms with E-state index in [0.29, 0.717) is 0 Å². The highest BCUT2D eigenvalue weighted by Gasteiger charge is 1.94. The lowest BCUT2D eigenvalue weighted by Crippen LogP contribution is -1.77. The van der Waals surface area contributed by atoms with Crippen molar-refractivity contribution in [3.63, 3.8) is 0 Å². The largest absolute Gasteiger partial charge is 0.377 e. The van der Waals surface area contributed by atoms with Gasteiger partial charge in [0.1, 0.15) is 0 Å². The van der Waals surface area contributed by atoms with Gasteiger partial charge in [-0.05, 0) is 6.16 Å². The third kappa shape index (κ3) is 0.863. The van der Waals surface area contributed by atoms with Gasteiger partial charge in [0.15, 0.2) is 0 Å². The molecule has 1 saturated heterocycles. The second-order valence-electron chi connectivity index (χ2n) is 1.05. The van der Waals surface area contributed by atoms with Crippen molar-refractivity contribution in [1.29, 1.82) is 0 Å². The van der Waals surface area contributed by atoms with Crippen LogP contribution in [-0.4, -0.2) is 19.1 Å². The normalized spacial score (nSPS) is 28.8. The van der Waals surface area contributed by atoms with Gasteiger partial charge in [-0.1, -0.05) is 8.58 Å². The van der Waals surface area contributed by atoms with Crippen LogP contribution in [0, 0.1) is 0 Å². The Bertz CT molecular complexity index is 18.5. The minimum atomic E-state index is 1.01. The van der Waals surface area contributed by atoms with E-state index in [0.717, 1.165) is 21.5 Å². The van der Waals surface area contributed by atoms with E-state index in [-0.39, 0.29) is 0 Å². The van der Waals surface area contributed by atoms with E-state index in [4.69, 9.17) is 4.74 Å². The maximum Gasteiger partial charge on any atom is 0.0631 e. The molecule has 0 aromatic carbocycles. The molecule has 0 aromatic rings. The van der Waals surface area contributed by atoms with Gasteiger partial charge in [-0.25, -0.2) is 0 Å². The maximum absolute atomic E-state index is 4.96. The highest BCUT2D eigenvalue weighted by atomic mass is 31.1. The summed E-state index contributed by atoms with van der Waals surface area (Å²) in [6.07, 6.45) is 2.33. The highest BCUT2D eigenvalue weighted by molar-refractivity contribution is 7.38. The lowest BCUT2D eigenvalue weighted by molar-refractivity contribution is 0.217. The molecule has 0 N–H and O–H groups in total. The van der Waals surface area contributed by atoms with E-state index >= 15 is 0 Å². The molecule has 1 rings (SSSR count). The molecule has 30 valence electrons. The van der Waals surface area contributed by atoms with Crippen LogP contribution in [0.1, 0.15) is 0 Å². The van der Waals surface area contributed by atoms with Gasteiger partial charge in [-0.15, -0.1) is 0 Å². The lowest BCUT2D eigenvalue weighted by Gasteiger charge is -1.76. The average Bonchev–Trinajstić information content (AvgIpc) is 1.76. The summed E-state index contributed by atoms with van der Waals surface area (Å²) in [5.41, 5.74) is 0. The van der Waals surface area contributed by atoms with Crippen molar-refractivity contribution in [1.82, 2.24) is 0 Å². The maximum atomic E-state index is 4.96. The predicted octanol–water partition coefficient (Wildman–Crippen LogP) is 0.653. The number of hydrogen-bond donors (Lipinski definition) is 0. The highest BCUT2D eigenvalue weighted by Crippen LogP contribution is 2.14. The summed E-state index contributed by atoms with van der Waals surface area (Å²) in [5.74, 6) is 0. The lowest BCUT2D eigenvalue weighted by atomic mass is 10.9. The fourth-order valence-electron chi connectivity index (χ4n) is 0.361. The van der Waals surface area contributed by atoms with Gasteiger partial charge in [-0.2, -0.15) is 0 Å². The average molecular weight is 90.1 g/mol. The molecule has 1 unspecified atom stereocenters. The van der Waals surface area contributed by atoms with Gasteiger partial charge >= 0.3 is 0 Å². The van der Waals surface area contributed by atoms with Crippen LogP contribution in [0.5, 0.6) is 0 Å². The summed E-state index contributed by atoms with van der Waals surface area (Å²) in [4.78, 5) is 0. The van der Waals surface area contributed by atoms with E-state index < -0.39 is 0 Å². The topological polar surface area (TPSA) is 9.23 Å². The van der Waals surface area contributed by atoms with Crippen LogP contribution in [0.2, 0.25) is 0 Å². The molecule has 1 atom stereocenters. The first-order valence-electron chi connectivity index (χ1n) is 1.78. The molecule has 0 saturated carbocycles. The van der Waals surface area contributed by atoms with Gasteiger partial charge in [0.05, 0.1) is 13.0 Å². The van der Waals surface area contributed by atoms with Gasteiger partial charge in [0.2, 0.25) is 0 Å². The van der Waals surface area contributed by atoms with Crippen molar-refractivity contribution in [2.75, 3.05) is 19.1 Å². The van der Waals surface area contributed by atoms with E-state index in [9.17, 15) is 0 Å². The smallest absolute Gasteiger partial charge is 0.0631 e. The quantitative estimate of drug-likeness (QED) is 0.397. The molecule has 0 amide bonds. The van der Waals surface area contributed by atoms with E-state index in [1.807, 2.05) is 0 Å². The van der Waals surface area contributed by atoms with Gasteiger partial charge in [0, 0.05) is 0 Å². The zero-order valence-corrected chi connectivity index (χ0v) is 4.03. The second-order valence-corrected chi connectivity index (χ2v) is 2.34. The van der Waals surface area contributed by atoms with Crippen LogP contribution in [0.4, 0.5) is 0 Å². The molecule has 0 aliphatic carbocycles. The van der Waals surface area contributed by atoms with Crippen molar-refractivity contribution in [3.05, 3.63) is 0 Å². The Morgan fingerprint density at radius 3 is 2.80 bits per heavy atom. The molecule has 0 aromatic heterocycles. The van der Waals surface area contributed by atoms with Crippen molar-refractivity contribution in [2.24, 2.45) is 0 Å². The summed E-state index contributed by atoms with van der Waals surface area (Å²) in [6.45, 7) is 1.01. The zero-order chi connectivity index (χ0) is 3.54. The molecule has 1 nitrogen and oxygen atoms in total. The monoisotopic (exact) mass is 90.0 g/mol. The predicted molar refractivity (Wildman–Crippen MR) is 24.0 cm³/mol. The SMILES string of the molecule is C1CPCO1. The summed E-state index contributed by atoms with van der Waals surface area (Å²) in [6, 6.07) is 0. The van der Waals surface area contributed by atoms with Crippen LogP contribution in [0.15, 0.2) is 0 Å². The first kappa shape index (κ1) is 3.58. The third-order valence-electron chi connectivity index (χ3n) is 0.627. The molecule has 1 fully saturated rings. The fraction of sp³-hybridized carbons (Fsp3) is 1.00. The molecular weight excluding hydrogens is 83.0 g/mol. The minimum absolute atomic E-state index is 1.01. The molecule has 0 bridgehead atoms. The van der Waals surface area contributed by atoms with Crippen LogP contribution < -0.4 is 0 Å². The van der Waals surface area contributed by atoms with Crippen LogP contribution in [0.25, 0.3) is 0 Å². The Morgan fingerprint density at radius 2 is 2.60 bits per heavy atom. The van der Waals surface area contributed by atoms with Crippen LogP contribution in [0.3, 0.4) is 0 Å². The molecule has 0 radical (unpaired) electrons. The Kier molecular flexibility index (Phi) is 1.24. The van der Waals surface area contributed by atoms with E-state index in [2.05, 4.69) is 0 Å². The number of hydrogen-bond acceptors (Lipinski definition) is 1. The van der Waals surface area contributed by atoms with Crippen LogP contribution in [-0.2, 0) is 4.74 Å². The second kappa shape index (κ2) is 1.74. The molecule has 0 spiro atoms. The Hall–Kier alpha value is 0.390. The summed E-state index contributed by atoms with van der Waals surface area (Å²) >= 11 is 0. The third-order valence-corrected chi connectivity index (χ3v) is 1.59. The Morgan fingerprint density at radius 1 is 1.60 bits per heavy atom. The van der Waals surface area contributed by atoms with Gasteiger partial charge in [0.25, 0.3) is 0 Å². The standard InChI is InChI=1S/C3H7OP/c1-2-5-3-4-1/h5H,1-3H2. The van der Waals surface area contributed by atoms with Crippen molar-refractivity contribution < 1.29 is 4.74 Å². The van der Waals surface area contributed by atoms with Crippen molar-refractivity contribution in [3.8, 4) is 0 Å². The van der Waals surface area contributed by atoms with E-state index in [1.165, 1.54) is 6.16 Å². The molecule has 5 heavy (non-hydrogen) atoms. The Balaban J connectivity index is 2.08. The summed E-state index contributed by atoms with van der Waals surface area (Å²) < 4.78 is 4.96. The molecular formula is C3H7OP. The fourth-order valence-corrected chi connectivity index (χ4v) is 1.08. The van der Waals surface area contributed by atoms with Crippen molar-refractivity contribution >= 4 is 8.58 Å². The minimum Gasteiger partial charge on any atom is -0.377 e. The van der Waals surface area contributed by atoms with Gasteiger partial charge in [-0.3, -0.25) is 0 Å². The summed E-state index contributed by atoms with van der Waals surface area (Å²) in [7, 11) is 1.09. The van der Waals surface area contributed by atoms with Crippen LogP contribution >= 0.6 is 8.58 Å². The first-order valence-corrected chi connectivity index (χ1v) is 3.20. The molecule has 2 heteroatoms. The molecule has 1 heterocycles. The van der Waals surface area contributed by atoms with E-state index in [1.54, 1.807) is 0 Å². The first-order chi connectivity index (χ1) is 2.50. The Labute approximate surface area is 33.5 Å². The zero-order valence-electron chi connectivity index (χ0n) is 3.03. The number of rotatable bonds is 0. The number of ether oxygens (including phenoxy) is 1. The molecule has 1 aliphatic rings. The van der Waals surface area contributed by atoms with Gasteiger partial charge < -0.3 is 4.74 Å². The molecule has 1 aliphatic heterocycles.